The van der Waals surface area contributed by atoms with Crippen LogP contribution in [0.4, 0.5) is 0 Å². The molecule has 0 saturated heterocycles. The molecule has 0 aromatic heterocycles. The fourth-order valence-corrected chi connectivity index (χ4v) is 1.73. The van der Waals surface area contributed by atoms with Crippen molar-refractivity contribution in [1.29, 1.82) is 0 Å². The molecule has 0 radical (unpaired) electrons. The average molecular weight is 216 g/mol. The molecule has 0 spiro atoms. The van der Waals surface area contributed by atoms with Crippen LogP contribution in [0.3, 0.4) is 0 Å². The molecule has 92 valence electrons. The summed E-state index contributed by atoms with van der Waals surface area (Å²) in [4.78, 5) is 9.33. The highest BCUT2D eigenvalue weighted by molar-refractivity contribution is 4.46. The summed E-state index contributed by atoms with van der Waals surface area (Å²) in [5, 5.41) is 0. The first-order valence-electron chi connectivity index (χ1n) is 6.57. The third kappa shape index (κ3) is 13.9. The second kappa shape index (κ2) is 13.9. The largest absolute Gasteiger partial charge is 0.240 e. The van der Waals surface area contributed by atoms with Gasteiger partial charge in [-0.15, -0.1) is 0 Å². The van der Waals surface area contributed by atoms with Gasteiger partial charge in [-0.1, -0.05) is 64.7 Å². The maximum atomic E-state index is 4.81. The van der Waals surface area contributed by atoms with Gasteiger partial charge in [0.15, 0.2) is 0 Å². The van der Waals surface area contributed by atoms with Crippen LogP contribution in [0, 0.1) is 0 Å². The maximum Gasteiger partial charge on any atom is 0.0822 e. The minimum Gasteiger partial charge on any atom is -0.240 e. The van der Waals surface area contributed by atoms with E-state index in [1.807, 2.05) is 0 Å². The second-order valence-electron chi connectivity index (χ2n) is 4.17. The van der Waals surface area contributed by atoms with E-state index in [0.717, 1.165) is 13.0 Å². The Balaban J connectivity index is 2.81. The molecule has 0 N–H and O–H groups in total. The van der Waals surface area contributed by atoms with Crippen molar-refractivity contribution in [2.75, 3.05) is 13.7 Å². The molecule has 0 fully saturated rings. The Morgan fingerprint density at radius 1 is 0.667 bits per heavy atom. The summed E-state index contributed by atoms with van der Waals surface area (Å²) >= 11 is 0. The number of hydrogen-bond acceptors (Lipinski definition) is 2. The molecule has 0 saturated carbocycles. The predicted molar refractivity (Wildman–Crippen MR) is 64.8 cm³/mol. The fraction of sp³-hybridized carbons (Fsp3) is 1.00. The Labute approximate surface area is 95.3 Å². The van der Waals surface area contributed by atoms with Crippen molar-refractivity contribution < 1.29 is 9.78 Å². The fourth-order valence-electron chi connectivity index (χ4n) is 1.73. The van der Waals surface area contributed by atoms with E-state index in [2.05, 4.69) is 11.8 Å². The molecule has 15 heavy (non-hydrogen) atoms. The van der Waals surface area contributed by atoms with Gasteiger partial charge in [0.05, 0.1) is 13.7 Å². The average Bonchev–Trinajstić information content (AvgIpc) is 2.26. The van der Waals surface area contributed by atoms with Crippen molar-refractivity contribution >= 4 is 0 Å². The van der Waals surface area contributed by atoms with Gasteiger partial charge in [0.2, 0.25) is 0 Å². The highest BCUT2D eigenvalue weighted by Crippen LogP contribution is 2.10. The van der Waals surface area contributed by atoms with Crippen molar-refractivity contribution in [1.82, 2.24) is 0 Å². The van der Waals surface area contributed by atoms with Crippen LogP contribution in [0.2, 0.25) is 0 Å². The Morgan fingerprint density at radius 2 is 1.13 bits per heavy atom. The van der Waals surface area contributed by atoms with Crippen molar-refractivity contribution in [3.05, 3.63) is 0 Å². The van der Waals surface area contributed by atoms with Crippen molar-refractivity contribution in [2.24, 2.45) is 0 Å². The van der Waals surface area contributed by atoms with Gasteiger partial charge in [-0.25, -0.2) is 9.78 Å². The standard InChI is InChI=1S/C13H28O2/c1-3-4-5-6-7-8-9-10-11-12-13-15-14-2/h3-13H2,1-2H3. The number of unbranched alkanes of at least 4 members (excludes halogenated alkanes) is 9. The molecule has 0 aliphatic heterocycles. The molecule has 0 aromatic rings. The van der Waals surface area contributed by atoms with E-state index < -0.39 is 0 Å². The van der Waals surface area contributed by atoms with Crippen LogP contribution in [0.25, 0.3) is 0 Å². The molecule has 2 nitrogen and oxygen atoms in total. The Kier molecular flexibility index (Phi) is 13.8. The summed E-state index contributed by atoms with van der Waals surface area (Å²) in [6.07, 6.45) is 13.6. The predicted octanol–water partition coefficient (Wildman–Crippen LogP) is 4.49. The minimum atomic E-state index is 0.743. The van der Waals surface area contributed by atoms with Gasteiger partial charge in [0, 0.05) is 0 Å². The van der Waals surface area contributed by atoms with Crippen LogP contribution in [0.5, 0.6) is 0 Å². The topological polar surface area (TPSA) is 18.5 Å². The van der Waals surface area contributed by atoms with E-state index in [9.17, 15) is 0 Å². The summed E-state index contributed by atoms with van der Waals surface area (Å²) < 4.78 is 0. The number of hydrogen-bond donors (Lipinski definition) is 0. The van der Waals surface area contributed by atoms with Gasteiger partial charge in [-0.05, 0) is 6.42 Å². The van der Waals surface area contributed by atoms with E-state index >= 15 is 0 Å². The lowest BCUT2D eigenvalue weighted by Crippen LogP contribution is -1.92. The first kappa shape index (κ1) is 14.9. The van der Waals surface area contributed by atoms with Crippen molar-refractivity contribution in [3.63, 3.8) is 0 Å². The Hall–Kier alpha value is -0.0800. The zero-order valence-corrected chi connectivity index (χ0v) is 10.6. The van der Waals surface area contributed by atoms with E-state index in [0.29, 0.717) is 0 Å². The Bertz CT molecular complexity index is 92.7. The highest BCUT2D eigenvalue weighted by Gasteiger charge is 1.92. The molecule has 0 bridgehead atoms. The van der Waals surface area contributed by atoms with Crippen LogP contribution >= 0.6 is 0 Å². The van der Waals surface area contributed by atoms with Crippen LogP contribution < -0.4 is 0 Å². The first-order chi connectivity index (χ1) is 7.41. The minimum absolute atomic E-state index is 0.743. The summed E-state index contributed by atoms with van der Waals surface area (Å²) in [6.45, 7) is 3.01. The lowest BCUT2D eigenvalue weighted by atomic mass is 10.1. The first-order valence-corrected chi connectivity index (χ1v) is 6.57. The molecule has 0 aliphatic carbocycles. The monoisotopic (exact) mass is 216 g/mol. The quantitative estimate of drug-likeness (QED) is 0.272. The molecule has 0 aromatic carbocycles. The summed E-state index contributed by atoms with van der Waals surface area (Å²) in [5.74, 6) is 0. The van der Waals surface area contributed by atoms with E-state index in [4.69, 9.17) is 4.89 Å². The zero-order valence-electron chi connectivity index (χ0n) is 10.6. The summed E-state index contributed by atoms with van der Waals surface area (Å²) in [5.41, 5.74) is 0. The molecule has 0 aliphatic rings. The number of rotatable bonds is 12. The molecule has 2 heteroatoms. The highest BCUT2D eigenvalue weighted by atomic mass is 17.2. The smallest absolute Gasteiger partial charge is 0.0822 e. The second-order valence-corrected chi connectivity index (χ2v) is 4.17. The van der Waals surface area contributed by atoms with Gasteiger partial charge in [-0.2, -0.15) is 0 Å². The van der Waals surface area contributed by atoms with Crippen LogP contribution in [-0.2, 0) is 9.78 Å². The zero-order chi connectivity index (χ0) is 11.2. The van der Waals surface area contributed by atoms with Gasteiger partial charge in [-0.3, -0.25) is 0 Å². The van der Waals surface area contributed by atoms with E-state index in [1.54, 1.807) is 7.11 Å². The van der Waals surface area contributed by atoms with Gasteiger partial charge in [0.25, 0.3) is 0 Å². The normalized spacial score (nSPS) is 10.8. The van der Waals surface area contributed by atoms with Gasteiger partial charge in [0.1, 0.15) is 0 Å². The molecular formula is C13H28O2. The molecule has 0 rings (SSSR count). The summed E-state index contributed by atoms with van der Waals surface area (Å²) in [6, 6.07) is 0. The Morgan fingerprint density at radius 3 is 1.60 bits per heavy atom. The third-order valence-electron chi connectivity index (χ3n) is 2.70. The van der Waals surface area contributed by atoms with Crippen molar-refractivity contribution in [3.8, 4) is 0 Å². The molecule has 0 amide bonds. The maximum absolute atomic E-state index is 4.81. The summed E-state index contributed by atoms with van der Waals surface area (Å²) in [7, 11) is 1.57. The molecule has 0 unspecified atom stereocenters. The molecule has 0 heterocycles. The van der Waals surface area contributed by atoms with Gasteiger partial charge >= 0.3 is 0 Å². The third-order valence-corrected chi connectivity index (χ3v) is 2.70. The lowest BCUT2D eigenvalue weighted by Gasteiger charge is -2.02. The van der Waals surface area contributed by atoms with Crippen LogP contribution in [0.15, 0.2) is 0 Å². The molecular weight excluding hydrogens is 188 g/mol. The van der Waals surface area contributed by atoms with Gasteiger partial charge < -0.3 is 0 Å². The lowest BCUT2D eigenvalue weighted by molar-refractivity contribution is -0.272. The van der Waals surface area contributed by atoms with Crippen LogP contribution in [-0.4, -0.2) is 13.7 Å². The van der Waals surface area contributed by atoms with Crippen molar-refractivity contribution in [2.45, 2.75) is 71.1 Å². The van der Waals surface area contributed by atoms with E-state index in [-0.39, 0.29) is 0 Å². The molecule has 0 atom stereocenters. The van der Waals surface area contributed by atoms with E-state index in [1.165, 1.54) is 57.8 Å². The SMILES string of the molecule is CCCCCCCCCCCCOOC. The van der Waals surface area contributed by atoms with Crippen LogP contribution in [0.1, 0.15) is 71.1 Å².